The first kappa shape index (κ1) is 17.3. The lowest BCUT2D eigenvalue weighted by Gasteiger charge is -2.12. The van der Waals surface area contributed by atoms with Gasteiger partial charge in [-0.25, -0.2) is 4.79 Å². The van der Waals surface area contributed by atoms with Crippen LogP contribution in [0, 0.1) is 6.92 Å². The molecule has 1 aromatic carbocycles. The number of amides is 2. The Hall–Kier alpha value is -3.03. The average Bonchev–Trinajstić information content (AvgIpc) is 2.60. The van der Waals surface area contributed by atoms with E-state index >= 15 is 0 Å². The largest absolute Gasteiger partial charge is 0.497 e. The number of nitrogens with one attached hydrogen (secondary N) is 3. The molecule has 24 heavy (non-hydrogen) atoms. The number of methoxy groups -OCH3 is 2. The minimum Gasteiger partial charge on any atom is -0.497 e. The number of carbonyl (C=O) groups is 1. The van der Waals surface area contributed by atoms with Gasteiger partial charge < -0.3 is 25.4 Å². The van der Waals surface area contributed by atoms with E-state index in [1.807, 2.05) is 19.1 Å². The molecule has 0 saturated carbocycles. The predicted octanol–water partition coefficient (Wildman–Crippen LogP) is 2.04. The fraction of sp³-hybridized carbons (Fsp3) is 0.312. The maximum Gasteiger partial charge on any atom is 0.319 e. The van der Waals surface area contributed by atoms with Gasteiger partial charge in [0.2, 0.25) is 0 Å². The van der Waals surface area contributed by atoms with Crippen molar-refractivity contribution in [2.24, 2.45) is 0 Å². The summed E-state index contributed by atoms with van der Waals surface area (Å²) in [5, 5.41) is 16.5. The lowest BCUT2D eigenvalue weighted by atomic mass is 10.2. The predicted molar refractivity (Wildman–Crippen MR) is 91.8 cm³/mol. The second kappa shape index (κ2) is 8.56. The van der Waals surface area contributed by atoms with Crippen molar-refractivity contribution < 1.29 is 14.3 Å². The Morgan fingerprint density at radius 1 is 1.08 bits per heavy atom. The molecular formula is C16H21N5O3. The number of aromatic nitrogens is 2. The third kappa shape index (κ3) is 5.01. The van der Waals surface area contributed by atoms with E-state index in [9.17, 15) is 4.79 Å². The third-order valence-electron chi connectivity index (χ3n) is 3.17. The van der Waals surface area contributed by atoms with Gasteiger partial charge in [-0.1, -0.05) is 0 Å². The number of aryl methyl sites for hydroxylation is 1. The Kier molecular flexibility index (Phi) is 6.18. The van der Waals surface area contributed by atoms with Crippen LogP contribution in [0.3, 0.4) is 0 Å². The summed E-state index contributed by atoms with van der Waals surface area (Å²) in [7, 11) is 3.10. The molecule has 0 atom stereocenters. The van der Waals surface area contributed by atoms with Gasteiger partial charge in [0.1, 0.15) is 17.3 Å². The molecule has 0 fully saturated rings. The molecule has 0 aliphatic rings. The zero-order valence-corrected chi connectivity index (χ0v) is 13.9. The van der Waals surface area contributed by atoms with Gasteiger partial charge in [-0.15, -0.1) is 5.10 Å². The SMILES string of the molecule is COc1ccc(NC(=O)NCCNc2ccc(C)nn2)c(OC)c1. The van der Waals surface area contributed by atoms with Crippen molar-refractivity contribution in [2.45, 2.75) is 6.92 Å². The molecular weight excluding hydrogens is 310 g/mol. The highest BCUT2D eigenvalue weighted by molar-refractivity contribution is 5.91. The molecule has 0 bridgehead atoms. The Bertz CT molecular complexity index is 676. The van der Waals surface area contributed by atoms with E-state index in [1.54, 1.807) is 25.3 Å². The molecule has 0 unspecified atom stereocenters. The highest BCUT2D eigenvalue weighted by Crippen LogP contribution is 2.28. The summed E-state index contributed by atoms with van der Waals surface area (Å²) in [4.78, 5) is 11.9. The van der Waals surface area contributed by atoms with Gasteiger partial charge in [-0.2, -0.15) is 5.10 Å². The molecule has 2 amide bonds. The molecule has 3 N–H and O–H groups in total. The lowest BCUT2D eigenvalue weighted by molar-refractivity contribution is 0.252. The first-order valence-corrected chi connectivity index (χ1v) is 7.43. The van der Waals surface area contributed by atoms with Crippen LogP contribution in [-0.2, 0) is 0 Å². The molecule has 1 aromatic heterocycles. The first-order chi connectivity index (χ1) is 11.6. The zero-order valence-electron chi connectivity index (χ0n) is 13.9. The standard InChI is InChI=1S/C16H21N5O3/c1-11-4-7-15(21-20-11)17-8-9-18-16(22)19-13-6-5-12(23-2)10-14(13)24-3/h4-7,10H,8-9H2,1-3H3,(H,17,21)(H2,18,19,22). The molecule has 0 aliphatic heterocycles. The molecule has 0 saturated heterocycles. The van der Waals surface area contributed by atoms with E-state index in [1.165, 1.54) is 7.11 Å². The highest BCUT2D eigenvalue weighted by Gasteiger charge is 2.08. The van der Waals surface area contributed by atoms with Gasteiger partial charge >= 0.3 is 6.03 Å². The van der Waals surface area contributed by atoms with E-state index in [0.29, 0.717) is 36.1 Å². The third-order valence-corrected chi connectivity index (χ3v) is 3.17. The normalized spacial score (nSPS) is 9.96. The van der Waals surface area contributed by atoms with Crippen molar-refractivity contribution in [2.75, 3.05) is 37.9 Å². The average molecular weight is 331 g/mol. The fourth-order valence-electron chi connectivity index (χ4n) is 1.93. The van der Waals surface area contributed by atoms with Crippen molar-refractivity contribution in [3.63, 3.8) is 0 Å². The summed E-state index contributed by atoms with van der Waals surface area (Å²) in [5.74, 6) is 1.85. The van der Waals surface area contributed by atoms with Gasteiger partial charge in [0.25, 0.3) is 0 Å². The van der Waals surface area contributed by atoms with Crippen LogP contribution in [0.5, 0.6) is 11.5 Å². The topological polar surface area (TPSA) is 97.4 Å². The highest BCUT2D eigenvalue weighted by atomic mass is 16.5. The van der Waals surface area contributed by atoms with Crippen LogP contribution in [0.25, 0.3) is 0 Å². The molecule has 2 aromatic rings. The molecule has 0 radical (unpaired) electrons. The van der Waals surface area contributed by atoms with Crippen LogP contribution in [0.15, 0.2) is 30.3 Å². The second-order valence-electron chi connectivity index (χ2n) is 4.93. The smallest absolute Gasteiger partial charge is 0.319 e. The van der Waals surface area contributed by atoms with E-state index in [2.05, 4.69) is 26.1 Å². The number of urea groups is 1. The maximum absolute atomic E-state index is 11.9. The number of benzene rings is 1. The summed E-state index contributed by atoms with van der Waals surface area (Å²) in [6.45, 7) is 2.83. The number of anilines is 2. The summed E-state index contributed by atoms with van der Waals surface area (Å²) in [5.41, 5.74) is 1.42. The monoisotopic (exact) mass is 331 g/mol. The number of nitrogens with zero attached hydrogens (tertiary/aromatic N) is 2. The minimum atomic E-state index is -0.324. The Morgan fingerprint density at radius 2 is 1.92 bits per heavy atom. The van der Waals surface area contributed by atoms with Crippen molar-refractivity contribution in [1.82, 2.24) is 15.5 Å². The van der Waals surface area contributed by atoms with E-state index < -0.39 is 0 Å². The first-order valence-electron chi connectivity index (χ1n) is 7.43. The van der Waals surface area contributed by atoms with Gasteiger partial charge in [-0.05, 0) is 31.2 Å². The quantitative estimate of drug-likeness (QED) is 0.672. The molecule has 0 spiro atoms. The number of carbonyl (C=O) groups excluding carboxylic acids is 1. The number of rotatable bonds is 7. The fourth-order valence-corrected chi connectivity index (χ4v) is 1.93. The van der Waals surface area contributed by atoms with Crippen molar-refractivity contribution in [3.05, 3.63) is 36.0 Å². The minimum absolute atomic E-state index is 0.324. The maximum atomic E-state index is 11.9. The van der Waals surface area contributed by atoms with E-state index in [4.69, 9.17) is 9.47 Å². The van der Waals surface area contributed by atoms with Crippen LogP contribution in [0.2, 0.25) is 0 Å². The Labute approximate surface area is 140 Å². The number of ether oxygens (including phenoxy) is 2. The van der Waals surface area contributed by atoms with E-state index in [0.717, 1.165) is 5.69 Å². The van der Waals surface area contributed by atoms with Gasteiger partial charge in [0.15, 0.2) is 0 Å². The Balaban J connectivity index is 1.78. The van der Waals surface area contributed by atoms with Crippen LogP contribution in [-0.4, -0.2) is 43.5 Å². The van der Waals surface area contributed by atoms with Crippen LogP contribution >= 0.6 is 0 Å². The summed E-state index contributed by atoms with van der Waals surface area (Å²) < 4.78 is 10.3. The molecule has 128 valence electrons. The summed E-state index contributed by atoms with van der Waals surface area (Å²) in [6, 6.07) is 8.55. The summed E-state index contributed by atoms with van der Waals surface area (Å²) in [6.07, 6.45) is 0. The molecule has 2 rings (SSSR count). The molecule has 1 heterocycles. The number of hydrogen-bond acceptors (Lipinski definition) is 6. The van der Waals surface area contributed by atoms with Crippen molar-refractivity contribution >= 4 is 17.5 Å². The van der Waals surface area contributed by atoms with Gasteiger partial charge in [0, 0.05) is 19.2 Å². The van der Waals surface area contributed by atoms with Gasteiger partial charge in [0.05, 0.1) is 25.6 Å². The lowest BCUT2D eigenvalue weighted by Crippen LogP contribution is -2.32. The van der Waals surface area contributed by atoms with Crippen LogP contribution in [0.1, 0.15) is 5.69 Å². The Morgan fingerprint density at radius 3 is 2.58 bits per heavy atom. The van der Waals surface area contributed by atoms with Gasteiger partial charge in [-0.3, -0.25) is 0 Å². The summed E-state index contributed by atoms with van der Waals surface area (Å²) >= 11 is 0. The molecule has 8 nitrogen and oxygen atoms in total. The van der Waals surface area contributed by atoms with Crippen LogP contribution < -0.4 is 25.4 Å². The van der Waals surface area contributed by atoms with Crippen molar-refractivity contribution in [1.29, 1.82) is 0 Å². The number of hydrogen-bond donors (Lipinski definition) is 3. The molecule has 8 heteroatoms. The van der Waals surface area contributed by atoms with E-state index in [-0.39, 0.29) is 6.03 Å². The second-order valence-corrected chi connectivity index (χ2v) is 4.93. The van der Waals surface area contributed by atoms with Crippen molar-refractivity contribution in [3.8, 4) is 11.5 Å². The zero-order chi connectivity index (χ0) is 17.4. The van der Waals surface area contributed by atoms with Crippen LogP contribution in [0.4, 0.5) is 16.3 Å². The molecule has 0 aliphatic carbocycles.